The predicted octanol–water partition coefficient (Wildman–Crippen LogP) is 4.95. The van der Waals surface area contributed by atoms with Crippen molar-refractivity contribution in [2.75, 3.05) is 23.9 Å². The number of carbonyl (C=O) groups excluding carboxylic acids is 1. The lowest BCUT2D eigenvalue weighted by molar-refractivity contribution is -0.119. The maximum atomic E-state index is 13.4. The fraction of sp³-hybridized carbons (Fsp3) is 0.296. The smallest absolute Gasteiger partial charge is 0.264 e. The van der Waals surface area contributed by atoms with Crippen LogP contribution in [-0.2, 0) is 27.9 Å². The van der Waals surface area contributed by atoms with E-state index < -0.39 is 10.0 Å². The molecule has 0 atom stereocenters. The molecule has 0 radical (unpaired) electrons. The topological polar surface area (TPSA) is 69.7 Å². The molecule has 1 N–H and O–H groups in total. The molecule has 35 heavy (non-hydrogen) atoms. The largest absolute Gasteiger partial charge is 0.350 e. The summed E-state index contributed by atoms with van der Waals surface area (Å²) in [6, 6.07) is 23.3. The number of rotatable bonds is 9. The van der Waals surface area contributed by atoms with Crippen LogP contribution in [0.5, 0.6) is 0 Å². The van der Waals surface area contributed by atoms with Gasteiger partial charge < -0.3 is 5.32 Å². The Hall–Kier alpha value is -2.68. The number of likely N-dealkylation sites (tertiary alicyclic amines) is 1. The van der Waals surface area contributed by atoms with Gasteiger partial charge in [-0.15, -0.1) is 0 Å². The first-order valence-electron chi connectivity index (χ1n) is 11.8. The number of anilines is 1. The SMILES string of the molecule is O=C(CN(c1ccc(Br)cc1)S(=O)(=O)c1ccccc1)NCc1cccc(CN2CCCCC2)c1. The molecule has 3 aromatic rings. The second-order valence-corrected chi connectivity index (χ2v) is 11.5. The minimum absolute atomic E-state index is 0.140. The lowest BCUT2D eigenvalue weighted by atomic mass is 10.1. The van der Waals surface area contributed by atoms with Crippen LogP contribution in [0.25, 0.3) is 0 Å². The Kier molecular flexibility index (Phi) is 8.59. The van der Waals surface area contributed by atoms with Crippen LogP contribution in [0.2, 0.25) is 0 Å². The third-order valence-electron chi connectivity index (χ3n) is 6.07. The van der Waals surface area contributed by atoms with Crippen LogP contribution in [0.15, 0.2) is 88.2 Å². The van der Waals surface area contributed by atoms with Crippen LogP contribution in [0.3, 0.4) is 0 Å². The maximum Gasteiger partial charge on any atom is 0.264 e. The van der Waals surface area contributed by atoms with Gasteiger partial charge in [0.05, 0.1) is 10.6 Å². The van der Waals surface area contributed by atoms with Gasteiger partial charge in [0.2, 0.25) is 5.91 Å². The summed E-state index contributed by atoms with van der Waals surface area (Å²) in [5.74, 6) is -0.367. The number of amides is 1. The first kappa shape index (κ1) is 25.4. The van der Waals surface area contributed by atoms with Crippen LogP contribution in [0.4, 0.5) is 5.69 Å². The van der Waals surface area contributed by atoms with Gasteiger partial charge in [-0.05, 0) is 73.5 Å². The highest BCUT2D eigenvalue weighted by atomic mass is 79.9. The van der Waals surface area contributed by atoms with E-state index in [1.807, 2.05) is 12.1 Å². The molecule has 6 nitrogen and oxygen atoms in total. The number of carbonyl (C=O) groups is 1. The zero-order chi connectivity index (χ0) is 24.7. The molecule has 0 saturated carbocycles. The third kappa shape index (κ3) is 6.93. The maximum absolute atomic E-state index is 13.4. The third-order valence-corrected chi connectivity index (χ3v) is 8.39. The number of halogens is 1. The van der Waals surface area contributed by atoms with E-state index in [9.17, 15) is 13.2 Å². The van der Waals surface area contributed by atoms with Crippen LogP contribution in [0, 0.1) is 0 Å². The Balaban J connectivity index is 1.45. The van der Waals surface area contributed by atoms with Gasteiger partial charge >= 0.3 is 0 Å². The van der Waals surface area contributed by atoms with E-state index in [-0.39, 0.29) is 17.3 Å². The molecule has 0 spiro atoms. The molecule has 1 fully saturated rings. The molecule has 3 aromatic carbocycles. The fourth-order valence-electron chi connectivity index (χ4n) is 4.24. The van der Waals surface area contributed by atoms with E-state index in [1.165, 1.54) is 37.0 Å². The van der Waals surface area contributed by atoms with Gasteiger partial charge in [0.15, 0.2) is 0 Å². The number of piperidine rings is 1. The molecule has 184 valence electrons. The van der Waals surface area contributed by atoms with Gasteiger partial charge in [0, 0.05) is 17.6 Å². The summed E-state index contributed by atoms with van der Waals surface area (Å²) in [7, 11) is -3.92. The van der Waals surface area contributed by atoms with E-state index >= 15 is 0 Å². The summed E-state index contributed by atoms with van der Waals surface area (Å²) in [4.78, 5) is 15.5. The number of benzene rings is 3. The van der Waals surface area contributed by atoms with Crippen molar-refractivity contribution >= 4 is 37.5 Å². The standard InChI is InChI=1S/C27H30BrN3O3S/c28-24-12-14-25(15-13-24)31(35(33,34)26-10-3-1-4-11-26)21-27(32)29-19-22-8-7-9-23(18-22)20-30-16-5-2-6-17-30/h1,3-4,7-15,18H,2,5-6,16-17,19-21H2,(H,29,32). The second-order valence-electron chi connectivity index (χ2n) is 8.73. The molecule has 0 aliphatic carbocycles. The van der Waals surface area contributed by atoms with E-state index in [0.29, 0.717) is 12.2 Å². The molecule has 1 aliphatic rings. The normalized spacial score (nSPS) is 14.4. The Morgan fingerprint density at radius 1 is 0.886 bits per heavy atom. The van der Waals surface area contributed by atoms with Crippen molar-refractivity contribution in [1.29, 1.82) is 0 Å². The monoisotopic (exact) mass is 555 g/mol. The average molecular weight is 557 g/mol. The molecule has 0 aromatic heterocycles. The van der Waals surface area contributed by atoms with Crippen LogP contribution >= 0.6 is 15.9 Å². The summed E-state index contributed by atoms with van der Waals surface area (Å²) in [6.45, 7) is 3.19. The molecule has 1 amide bonds. The second kappa shape index (κ2) is 11.8. The van der Waals surface area contributed by atoms with Crippen molar-refractivity contribution in [2.45, 2.75) is 37.2 Å². The molecule has 1 saturated heterocycles. The fourth-order valence-corrected chi connectivity index (χ4v) is 5.95. The lowest BCUT2D eigenvalue weighted by Gasteiger charge is -2.26. The van der Waals surface area contributed by atoms with E-state index in [0.717, 1.165) is 34.0 Å². The van der Waals surface area contributed by atoms with Crippen LogP contribution in [-0.4, -0.2) is 38.9 Å². The Morgan fingerprint density at radius 3 is 2.29 bits per heavy atom. The van der Waals surface area contributed by atoms with Crippen LogP contribution in [0.1, 0.15) is 30.4 Å². The average Bonchev–Trinajstić information content (AvgIpc) is 2.88. The van der Waals surface area contributed by atoms with Crippen molar-refractivity contribution in [3.8, 4) is 0 Å². The van der Waals surface area contributed by atoms with E-state index in [2.05, 4.69) is 38.3 Å². The number of nitrogens with zero attached hydrogens (tertiary/aromatic N) is 2. The van der Waals surface area contributed by atoms with Gasteiger partial charge in [0.1, 0.15) is 6.54 Å². The number of nitrogens with one attached hydrogen (secondary N) is 1. The summed E-state index contributed by atoms with van der Waals surface area (Å²) in [5, 5.41) is 2.90. The first-order chi connectivity index (χ1) is 16.9. The minimum Gasteiger partial charge on any atom is -0.350 e. The molecule has 4 rings (SSSR count). The highest BCUT2D eigenvalue weighted by Crippen LogP contribution is 2.25. The molecular formula is C27H30BrN3O3S. The van der Waals surface area contributed by atoms with Crippen molar-refractivity contribution in [3.63, 3.8) is 0 Å². The van der Waals surface area contributed by atoms with Crippen molar-refractivity contribution < 1.29 is 13.2 Å². The van der Waals surface area contributed by atoms with E-state index in [4.69, 9.17) is 0 Å². The molecule has 1 aliphatic heterocycles. The molecular weight excluding hydrogens is 526 g/mol. The first-order valence-corrected chi connectivity index (χ1v) is 14.1. The summed E-state index contributed by atoms with van der Waals surface area (Å²) < 4.78 is 28.8. The quantitative estimate of drug-likeness (QED) is 0.405. The Morgan fingerprint density at radius 2 is 1.57 bits per heavy atom. The Bertz CT molecular complexity index is 1230. The van der Waals surface area contributed by atoms with E-state index in [1.54, 1.807) is 42.5 Å². The zero-order valence-corrected chi connectivity index (χ0v) is 22.0. The summed E-state index contributed by atoms with van der Waals surface area (Å²) in [6.07, 6.45) is 3.80. The molecule has 1 heterocycles. The van der Waals surface area contributed by atoms with Gasteiger partial charge in [-0.2, -0.15) is 0 Å². The molecule has 0 unspecified atom stereocenters. The molecule has 0 bridgehead atoms. The van der Waals surface area contributed by atoms with Crippen molar-refractivity contribution in [2.24, 2.45) is 0 Å². The minimum atomic E-state index is -3.92. The van der Waals surface area contributed by atoms with Crippen LogP contribution < -0.4 is 9.62 Å². The number of hydrogen-bond acceptors (Lipinski definition) is 4. The van der Waals surface area contributed by atoms with Gasteiger partial charge in [-0.3, -0.25) is 14.0 Å². The number of sulfonamides is 1. The summed E-state index contributed by atoms with van der Waals surface area (Å²) >= 11 is 3.38. The van der Waals surface area contributed by atoms with Gasteiger partial charge in [-0.1, -0.05) is 64.8 Å². The highest BCUT2D eigenvalue weighted by molar-refractivity contribution is 9.10. The van der Waals surface area contributed by atoms with Crippen molar-refractivity contribution in [1.82, 2.24) is 10.2 Å². The highest BCUT2D eigenvalue weighted by Gasteiger charge is 2.27. The Labute approximate surface area is 216 Å². The predicted molar refractivity (Wildman–Crippen MR) is 143 cm³/mol. The summed E-state index contributed by atoms with van der Waals surface area (Å²) in [5.41, 5.74) is 2.64. The molecule has 8 heteroatoms. The lowest BCUT2D eigenvalue weighted by Crippen LogP contribution is -2.40. The van der Waals surface area contributed by atoms with Gasteiger partial charge in [-0.25, -0.2) is 8.42 Å². The zero-order valence-electron chi connectivity index (χ0n) is 19.6. The van der Waals surface area contributed by atoms with Gasteiger partial charge in [0.25, 0.3) is 10.0 Å². The number of hydrogen-bond donors (Lipinski definition) is 1. The van der Waals surface area contributed by atoms with Crippen molar-refractivity contribution in [3.05, 3.63) is 94.5 Å².